The van der Waals surface area contributed by atoms with Gasteiger partial charge in [0.25, 0.3) is 0 Å². The lowest BCUT2D eigenvalue weighted by molar-refractivity contribution is -0.128. The third kappa shape index (κ3) is 5.67. The van der Waals surface area contributed by atoms with Gasteiger partial charge < -0.3 is 9.47 Å². The van der Waals surface area contributed by atoms with E-state index in [0.29, 0.717) is 11.3 Å². The van der Waals surface area contributed by atoms with Crippen LogP contribution >= 0.6 is 0 Å². The molecule has 1 aliphatic rings. The molecule has 0 amide bonds. The fourth-order valence-electron chi connectivity index (χ4n) is 4.02. The van der Waals surface area contributed by atoms with Crippen molar-refractivity contribution in [2.24, 2.45) is 0 Å². The maximum absolute atomic E-state index is 12.3. The van der Waals surface area contributed by atoms with Gasteiger partial charge >= 0.3 is 11.9 Å². The molecule has 0 saturated carbocycles. The van der Waals surface area contributed by atoms with Crippen molar-refractivity contribution in [1.82, 2.24) is 0 Å². The topological polar surface area (TPSA) is 52.6 Å². The third-order valence-electron chi connectivity index (χ3n) is 6.00. The minimum Gasteiger partial charge on any atom is -0.456 e. The fraction of sp³-hybridized carbons (Fsp3) is 0.429. The number of ether oxygens (including phenoxy) is 2. The Morgan fingerprint density at radius 3 is 2.06 bits per heavy atom. The van der Waals surface area contributed by atoms with Gasteiger partial charge in [0.1, 0.15) is 11.4 Å². The van der Waals surface area contributed by atoms with E-state index in [-0.39, 0.29) is 10.8 Å². The summed E-state index contributed by atoms with van der Waals surface area (Å²) in [6.07, 6.45) is 5.53. The molecule has 0 aromatic heterocycles. The molecule has 0 unspecified atom stereocenters. The lowest BCUT2D eigenvalue weighted by Crippen LogP contribution is -2.33. The molecule has 0 aliphatic heterocycles. The zero-order chi connectivity index (χ0) is 23.7. The summed E-state index contributed by atoms with van der Waals surface area (Å²) in [5, 5.41) is 0. The molecule has 170 valence electrons. The SMILES string of the molecule is CC(C)(C)OC(=O)c1ccc(OC(=O)/C=C/c2ccc3c(c2)C(C)(C)CCC3(C)C)cc1. The highest BCUT2D eigenvalue weighted by Gasteiger charge is 2.36. The van der Waals surface area contributed by atoms with E-state index in [1.54, 1.807) is 30.3 Å². The molecule has 0 radical (unpaired) electrons. The maximum atomic E-state index is 12.3. The van der Waals surface area contributed by atoms with Crippen molar-refractivity contribution < 1.29 is 19.1 Å². The Balaban J connectivity index is 1.68. The molecule has 0 spiro atoms. The molecule has 4 heteroatoms. The molecule has 0 saturated heterocycles. The summed E-state index contributed by atoms with van der Waals surface area (Å²) in [4.78, 5) is 24.4. The van der Waals surface area contributed by atoms with Gasteiger partial charge in [-0.2, -0.15) is 0 Å². The molecular weight excluding hydrogens is 400 g/mol. The highest BCUT2D eigenvalue weighted by atomic mass is 16.6. The Labute approximate surface area is 191 Å². The smallest absolute Gasteiger partial charge is 0.338 e. The first-order chi connectivity index (χ1) is 14.8. The van der Waals surface area contributed by atoms with Crippen molar-refractivity contribution in [3.8, 4) is 5.75 Å². The van der Waals surface area contributed by atoms with Crippen LogP contribution in [0.5, 0.6) is 5.75 Å². The van der Waals surface area contributed by atoms with Gasteiger partial charge in [0.2, 0.25) is 0 Å². The largest absolute Gasteiger partial charge is 0.456 e. The van der Waals surface area contributed by atoms with E-state index in [9.17, 15) is 9.59 Å². The van der Waals surface area contributed by atoms with E-state index in [1.807, 2.05) is 20.8 Å². The highest BCUT2D eigenvalue weighted by Crippen LogP contribution is 2.45. The van der Waals surface area contributed by atoms with Crippen LogP contribution in [0.2, 0.25) is 0 Å². The monoisotopic (exact) mass is 434 g/mol. The molecule has 32 heavy (non-hydrogen) atoms. The van der Waals surface area contributed by atoms with Gasteiger partial charge in [-0.25, -0.2) is 9.59 Å². The molecule has 1 aliphatic carbocycles. The second kappa shape index (κ2) is 8.57. The molecule has 2 aromatic carbocycles. The molecule has 0 heterocycles. The van der Waals surface area contributed by atoms with Crippen molar-refractivity contribution >= 4 is 18.0 Å². The van der Waals surface area contributed by atoms with E-state index in [0.717, 1.165) is 12.0 Å². The van der Waals surface area contributed by atoms with Crippen LogP contribution in [0.25, 0.3) is 6.08 Å². The van der Waals surface area contributed by atoms with E-state index in [4.69, 9.17) is 9.47 Å². The standard InChI is InChI=1S/C28H34O4/c1-26(2,3)32-25(30)20-10-12-21(13-11-20)31-24(29)15-9-19-8-14-22-23(18-19)28(6,7)17-16-27(22,4)5/h8-15,18H,16-17H2,1-7H3/b15-9+. The number of esters is 2. The second-order valence-electron chi connectivity index (χ2n) is 10.9. The molecule has 0 atom stereocenters. The number of benzene rings is 2. The van der Waals surface area contributed by atoms with Crippen LogP contribution < -0.4 is 4.74 Å². The van der Waals surface area contributed by atoms with Crippen molar-refractivity contribution in [2.75, 3.05) is 0 Å². The number of fused-ring (bicyclic) bond motifs is 1. The highest BCUT2D eigenvalue weighted by molar-refractivity contribution is 5.91. The van der Waals surface area contributed by atoms with Crippen LogP contribution in [0.4, 0.5) is 0 Å². The number of carbonyl (C=O) groups is 2. The first-order valence-corrected chi connectivity index (χ1v) is 11.2. The first kappa shape index (κ1) is 23.8. The van der Waals surface area contributed by atoms with Crippen LogP contribution in [-0.2, 0) is 20.4 Å². The summed E-state index contributed by atoms with van der Waals surface area (Å²) in [5.41, 5.74) is 3.85. The van der Waals surface area contributed by atoms with Gasteiger partial charge in [-0.05, 0) is 91.5 Å². The summed E-state index contributed by atoms with van der Waals surface area (Å²) in [5.74, 6) is -0.499. The molecule has 3 rings (SSSR count). The lowest BCUT2D eigenvalue weighted by atomic mass is 9.63. The zero-order valence-corrected chi connectivity index (χ0v) is 20.2. The van der Waals surface area contributed by atoms with E-state index >= 15 is 0 Å². The third-order valence-corrected chi connectivity index (χ3v) is 6.00. The Morgan fingerprint density at radius 2 is 1.47 bits per heavy atom. The Bertz CT molecular complexity index is 1030. The molecule has 4 nitrogen and oxygen atoms in total. The fourth-order valence-corrected chi connectivity index (χ4v) is 4.02. The average Bonchev–Trinajstić information content (AvgIpc) is 2.69. The molecular formula is C28H34O4. The number of hydrogen-bond donors (Lipinski definition) is 0. The Kier molecular flexibility index (Phi) is 6.37. The number of carbonyl (C=O) groups excluding carboxylic acids is 2. The maximum Gasteiger partial charge on any atom is 0.338 e. The summed E-state index contributed by atoms with van der Waals surface area (Å²) in [6.45, 7) is 14.6. The number of rotatable bonds is 4. The zero-order valence-electron chi connectivity index (χ0n) is 20.2. The summed E-state index contributed by atoms with van der Waals surface area (Å²) in [7, 11) is 0. The van der Waals surface area contributed by atoms with Crippen molar-refractivity contribution in [2.45, 2.75) is 77.7 Å². The Morgan fingerprint density at radius 1 is 0.875 bits per heavy atom. The van der Waals surface area contributed by atoms with E-state index < -0.39 is 17.5 Å². The van der Waals surface area contributed by atoms with Crippen molar-refractivity contribution in [3.05, 3.63) is 70.8 Å². The molecule has 0 bridgehead atoms. The van der Waals surface area contributed by atoms with Crippen molar-refractivity contribution in [3.63, 3.8) is 0 Å². The minimum absolute atomic E-state index is 0.116. The van der Waals surface area contributed by atoms with E-state index in [1.165, 1.54) is 23.6 Å². The molecule has 2 aromatic rings. The predicted molar refractivity (Wildman–Crippen MR) is 128 cm³/mol. The van der Waals surface area contributed by atoms with E-state index in [2.05, 4.69) is 45.9 Å². The van der Waals surface area contributed by atoms with Gasteiger partial charge in [-0.1, -0.05) is 45.9 Å². The summed E-state index contributed by atoms with van der Waals surface area (Å²) < 4.78 is 10.7. The number of hydrogen-bond acceptors (Lipinski definition) is 4. The van der Waals surface area contributed by atoms with Crippen LogP contribution in [0, 0.1) is 0 Å². The lowest BCUT2D eigenvalue weighted by Gasteiger charge is -2.42. The quantitative estimate of drug-likeness (QED) is 0.309. The summed E-state index contributed by atoms with van der Waals surface area (Å²) >= 11 is 0. The molecule has 0 fully saturated rings. The predicted octanol–water partition coefficient (Wildman–Crippen LogP) is 6.61. The van der Waals surface area contributed by atoms with Crippen molar-refractivity contribution in [1.29, 1.82) is 0 Å². The van der Waals surface area contributed by atoms with Crippen LogP contribution in [0.15, 0.2) is 48.5 Å². The second-order valence-corrected chi connectivity index (χ2v) is 10.9. The Hall–Kier alpha value is -2.88. The van der Waals surface area contributed by atoms with Crippen LogP contribution in [0.3, 0.4) is 0 Å². The average molecular weight is 435 g/mol. The van der Waals surface area contributed by atoms with Gasteiger partial charge in [-0.3, -0.25) is 0 Å². The van der Waals surface area contributed by atoms with Crippen LogP contribution in [0.1, 0.15) is 88.4 Å². The first-order valence-electron chi connectivity index (χ1n) is 11.2. The van der Waals surface area contributed by atoms with Gasteiger partial charge in [-0.15, -0.1) is 0 Å². The summed E-state index contributed by atoms with van der Waals surface area (Å²) in [6, 6.07) is 12.8. The minimum atomic E-state index is -0.561. The van der Waals surface area contributed by atoms with Gasteiger partial charge in [0.15, 0.2) is 0 Å². The normalized spacial score (nSPS) is 17.0. The molecule has 0 N–H and O–H groups in total. The van der Waals surface area contributed by atoms with Gasteiger partial charge in [0.05, 0.1) is 5.56 Å². The van der Waals surface area contributed by atoms with Crippen LogP contribution in [-0.4, -0.2) is 17.5 Å². The van der Waals surface area contributed by atoms with Gasteiger partial charge in [0, 0.05) is 6.08 Å².